The molecule has 0 spiro atoms. The molecule has 0 bridgehead atoms. The highest BCUT2D eigenvalue weighted by Gasteiger charge is 2.18. The lowest BCUT2D eigenvalue weighted by molar-refractivity contribution is 0.228. The Kier molecular flexibility index (Phi) is 6.16. The Bertz CT molecular complexity index is 181. The first-order valence-corrected chi connectivity index (χ1v) is 6.07. The molecule has 1 rings (SSSR count). The second kappa shape index (κ2) is 7.51. The van der Waals surface area contributed by atoms with E-state index in [4.69, 9.17) is 5.73 Å². The number of carbonyl (C=O) groups is 1. The Labute approximate surface area is 92.0 Å². The van der Waals surface area contributed by atoms with Crippen LogP contribution in [0.15, 0.2) is 0 Å². The summed E-state index contributed by atoms with van der Waals surface area (Å²) in [6.07, 6.45) is 8.01. The Hall–Kier alpha value is -0.770. The van der Waals surface area contributed by atoms with Gasteiger partial charge in [-0.2, -0.15) is 0 Å². The van der Waals surface area contributed by atoms with Gasteiger partial charge in [0.1, 0.15) is 0 Å². The maximum Gasteiger partial charge on any atom is 0.315 e. The molecular formula is C11H23N3O. The van der Waals surface area contributed by atoms with Gasteiger partial charge in [0.15, 0.2) is 0 Å². The molecule has 0 aromatic carbocycles. The van der Waals surface area contributed by atoms with E-state index in [9.17, 15) is 4.79 Å². The van der Waals surface area contributed by atoms with E-state index in [0.29, 0.717) is 6.04 Å². The quantitative estimate of drug-likeness (QED) is 0.559. The van der Waals surface area contributed by atoms with Crippen molar-refractivity contribution in [2.75, 3.05) is 13.1 Å². The van der Waals surface area contributed by atoms with Crippen LogP contribution in [0.1, 0.15) is 44.9 Å². The van der Waals surface area contributed by atoms with Gasteiger partial charge in [-0.3, -0.25) is 0 Å². The molecule has 1 aliphatic rings. The molecule has 2 amide bonds. The van der Waals surface area contributed by atoms with E-state index in [1.54, 1.807) is 0 Å². The second-order valence-corrected chi connectivity index (χ2v) is 4.23. The molecule has 0 aromatic rings. The number of carbonyl (C=O) groups excluding carboxylic acids is 1. The maximum atomic E-state index is 11.3. The minimum absolute atomic E-state index is 0.00137. The molecule has 0 aliphatic heterocycles. The average molecular weight is 213 g/mol. The number of rotatable bonds is 7. The molecule has 88 valence electrons. The Balaban J connectivity index is 1.83. The minimum atomic E-state index is -0.00137. The van der Waals surface area contributed by atoms with Crippen molar-refractivity contribution in [1.82, 2.24) is 10.6 Å². The molecule has 0 heterocycles. The number of nitrogens with two attached hydrogens (primary N) is 1. The van der Waals surface area contributed by atoms with Crippen LogP contribution in [0.2, 0.25) is 0 Å². The Morgan fingerprint density at radius 1 is 1.20 bits per heavy atom. The highest BCUT2D eigenvalue weighted by Crippen LogP contribution is 2.17. The summed E-state index contributed by atoms with van der Waals surface area (Å²) >= 11 is 0. The first-order chi connectivity index (χ1) is 7.33. The van der Waals surface area contributed by atoms with Gasteiger partial charge in [0.25, 0.3) is 0 Å². The van der Waals surface area contributed by atoms with Crippen LogP contribution < -0.4 is 16.4 Å². The van der Waals surface area contributed by atoms with Crippen molar-refractivity contribution in [3.8, 4) is 0 Å². The predicted molar refractivity (Wildman–Crippen MR) is 61.7 cm³/mol. The second-order valence-electron chi connectivity index (χ2n) is 4.23. The standard InChI is InChI=1S/C11H23N3O/c12-8-3-1-2-4-9-13-11(15)14-10-6-5-7-10/h10H,1-9,12H2,(H2,13,14,15). The van der Waals surface area contributed by atoms with E-state index in [1.807, 2.05) is 0 Å². The summed E-state index contributed by atoms with van der Waals surface area (Å²) in [5, 5.41) is 5.83. The number of unbranched alkanes of at least 4 members (excludes halogenated alkanes) is 3. The molecule has 1 saturated carbocycles. The van der Waals surface area contributed by atoms with Gasteiger partial charge in [-0.15, -0.1) is 0 Å². The molecule has 1 aliphatic carbocycles. The van der Waals surface area contributed by atoms with Crippen LogP contribution in [-0.4, -0.2) is 25.2 Å². The monoisotopic (exact) mass is 213 g/mol. The molecule has 0 radical (unpaired) electrons. The molecule has 15 heavy (non-hydrogen) atoms. The van der Waals surface area contributed by atoms with Crippen LogP contribution >= 0.6 is 0 Å². The van der Waals surface area contributed by atoms with Gasteiger partial charge in [0, 0.05) is 12.6 Å². The first kappa shape index (κ1) is 12.3. The average Bonchev–Trinajstić information content (AvgIpc) is 2.17. The van der Waals surface area contributed by atoms with Crippen LogP contribution in [0.25, 0.3) is 0 Å². The third-order valence-corrected chi connectivity index (χ3v) is 2.86. The third-order valence-electron chi connectivity index (χ3n) is 2.86. The molecule has 0 unspecified atom stereocenters. The van der Waals surface area contributed by atoms with Crippen molar-refractivity contribution in [1.29, 1.82) is 0 Å². The Morgan fingerprint density at radius 2 is 1.93 bits per heavy atom. The highest BCUT2D eigenvalue weighted by atomic mass is 16.2. The summed E-state index contributed by atoms with van der Waals surface area (Å²) < 4.78 is 0. The van der Waals surface area contributed by atoms with E-state index < -0.39 is 0 Å². The maximum absolute atomic E-state index is 11.3. The normalized spacial score (nSPS) is 15.8. The van der Waals surface area contributed by atoms with E-state index in [2.05, 4.69) is 10.6 Å². The van der Waals surface area contributed by atoms with Gasteiger partial charge in [0.2, 0.25) is 0 Å². The summed E-state index contributed by atoms with van der Waals surface area (Å²) in [5.74, 6) is 0. The summed E-state index contributed by atoms with van der Waals surface area (Å²) in [5.41, 5.74) is 5.39. The number of amides is 2. The van der Waals surface area contributed by atoms with Crippen molar-refractivity contribution in [3.63, 3.8) is 0 Å². The van der Waals surface area contributed by atoms with E-state index in [1.165, 1.54) is 12.8 Å². The van der Waals surface area contributed by atoms with Crippen LogP contribution in [0.5, 0.6) is 0 Å². The summed E-state index contributed by atoms with van der Waals surface area (Å²) in [6.45, 7) is 1.55. The summed E-state index contributed by atoms with van der Waals surface area (Å²) in [6, 6.07) is 0.431. The summed E-state index contributed by atoms with van der Waals surface area (Å²) in [4.78, 5) is 11.3. The molecular weight excluding hydrogens is 190 g/mol. The Morgan fingerprint density at radius 3 is 2.53 bits per heavy atom. The zero-order valence-electron chi connectivity index (χ0n) is 9.43. The van der Waals surface area contributed by atoms with E-state index in [-0.39, 0.29) is 6.03 Å². The number of nitrogens with one attached hydrogen (secondary N) is 2. The SMILES string of the molecule is NCCCCCCNC(=O)NC1CCC1. The van der Waals surface area contributed by atoms with Crippen molar-refractivity contribution < 1.29 is 4.79 Å². The molecule has 1 fully saturated rings. The van der Waals surface area contributed by atoms with Crippen molar-refractivity contribution in [3.05, 3.63) is 0 Å². The molecule has 4 N–H and O–H groups in total. The molecule has 4 nitrogen and oxygen atoms in total. The van der Waals surface area contributed by atoms with Crippen molar-refractivity contribution in [2.45, 2.75) is 51.0 Å². The first-order valence-electron chi connectivity index (χ1n) is 6.07. The lowest BCUT2D eigenvalue weighted by Crippen LogP contribution is -2.45. The zero-order chi connectivity index (χ0) is 10.9. The van der Waals surface area contributed by atoms with Gasteiger partial charge in [0.05, 0.1) is 0 Å². The van der Waals surface area contributed by atoms with Gasteiger partial charge in [-0.25, -0.2) is 4.79 Å². The fourth-order valence-corrected chi connectivity index (χ4v) is 1.61. The van der Waals surface area contributed by atoms with Crippen molar-refractivity contribution >= 4 is 6.03 Å². The number of urea groups is 1. The van der Waals surface area contributed by atoms with Gasteiger partial charge >= 0.3 is 6.03 Å². The fraction of sp³-hybridized carbons (Fsp3) is 0.909. The predicted octanol–water partition coefficient (Wildman–Crippen LogP) is 1.36. The molecule has 4 heteroatoms. The lowest BCUT2D eigenvalue weighted by atomic mass is 9.93. The lowest BCUT2D eigenvalue weighted by Gasteiger charge is -2.26. The third kappa shape index (κ3) is 5.62. The molecule has 0 saturated heterocycles. The van der Waals surface area contributed by atoms with E-state index in [0.717, 1.165) is 45.2 Å². The van der Waals surface area contributed by atoms with Crippen LogP contribution in [-0.2, 0) is 0 Å². The minimum Gasteiger partial charge on any atom is -0.338 e. The molecule has 0 aromatic heterocycles. The smallest absolute Gasteiger partial charge is 0.315 e. The van der Waals surface area contributed by atoms with Gasteiger partial charge in [-0.1, -0.05) is 12.8 Å². The number of hydrogen-bond acceptors (Lipinski definition) is 2. The van der Waals surface area contributed by atoms with Crippen LogP contribution in [0, 0.1) is 0 Å². The molecule has 0 atom stereocenters. The summed E-state index contributed by atoms with van der Waals surface area (Å²) in [7, 11) is 0. The van der Waals surface area contributed by atoms with Crippen molar-refractivity contribution in [2.24, 2.45) is 5.73 Å². The largest absolute Gasteiger partial charge is 0.338 e. The number of hydrogen-bond donors (Lipinski definition) is 3. The fourth-order valence-electron chi connectivity index (χ4n) is 1.61. The topological polar surface area (TPSA) is 67.1 Å². The van der Waals surface area contributed by atoms with Gasteiger partial charge < -0.3 is 16.4 Å². The zero-order valence-corrected chi connectivity index (χ0v) is 9.43. The van der Waals surface area contributed by atoms with Crippen LogP contribution in [0.4, 0.5) is 4.79 Å². The van der Waals surface area contributed by atoms with Gasteiger partial charge in [-0.05, 0) is 38.6 Å². The highest BCUT2D eigenvalue weighted by molar-refractivity contribution is 5.74. The van der Waals surface area contributed by atoms with Crippen LogP contribution in [0.3, 0.4) is 0 Å². The van der Waals surface area contributed by atoms with E-state index >= 15 is 0 Å².